The van der Waals surface area contributed by atoms with E-state index in [1.165, 1.54) is 43.9 Å². The lowest BCUT2D eigenvalue weighted by Crippen LogP contribution is -2.45. The van der Waals surface area contributed by atoms with Crippen LogP contribution < -0.4 is 0 Å². The molecule has 0 saturated carbocycles. The fourth-order valence-electron chi connectivity index (χ4n) is 2.57. The summed E-state index contributed by atoms with van der Waals surface area (Å²) in [7, 11) is 0. The molecule has 3 heteroatoms. The van der Waals surface area contributed by atoms with Crippen LogP contribution in [0.2, 0.25) is 0 Å². The molecule has 108 valence electrons. The first-order chi connectivity index (χ1) is 8.69. The van der Waals surface area contributed by atoms with Gasteiger partial charge in [0.15, 0.2) is 0 Å². The van der Waals surface area contributed by atoms with Crippen molar-refractivity contribution in [3.63, 3.8) is 0 Å². The van der Waals surface area contributed by atoms with Crippen molar-refractivity contribution in [1.29, 1.82) is 0 Å². The first-order valence-electron chi connectivity index (χ1n) is 7.22. The normalized spacial score (nSPS) is 17.5. The first kappa shape index (κ1) is 16.5. The number of rotatable bonds is 4. The van der Waals surface area contributed by atoms with Crippen LogP contribution in [-0.4, -0.2) is 42.5 Å². The number of hydrogen-bond donors (Lipinski definition) is 0. The summed E-state index contributed by atoms with van der Waals surface area (Å²) in [6, 6.07) is 9.07. The Hall–Kier alpha value is -0.510. The van der Waals surface area contributed by atoms with Gasteiger partial charge in [-0.05, 0) is 23.6 Å². The smallest absolute Gasteiger partial charge is 0.0234 e. The molecule has 2 nitrogen and oxygen atoms in total. The molecular weight excluding hydrogens is 252 g/mol. The van der Waals surface area contributed by atoms with E-state index in [1.54, 1.807) is 0 Å². The highest BCUT2D eigenvalue weighted by molar-refractivity contribution is 7.59. The number of likely N-dealkylation sites (N-methyl/N-ethyl adjacent to an activating group) is 1. The Labute approximate surface area is 125 Å². The van der Waals surface area contributed by atoms with Crippen molar-refractivity contribution in [3.8, 4) is 0 Å². The van der Waals surface area contributed by atoms with E-state index in [1.807, 2.05) is 0 Å². The fourth-order valence-corrected chi connectivity index (χ4v) is 2.57. The molecule has 1 aliphatic rings. The molecule has 0 unspecified atom stereocenters. The Kier molecular flexibility index (Phi) is 6.90. The zero-order valence-corrected chi connectivity index (χ0v) is 13.5. The van der Waals surface area contributed by atoms with Crippen molar-refractivity contribution < 1.29 is 0 Å². The molecule has 19 heavy (non-hydrogen) atoms. The van der Waals surface area contributed by atoms with Crippen LogP contribution in [0.15, 0.2) is 24.3 Å². The van der Waals surface area contributed by atoms with Gasteiger partial charge >= 0.3 is 0 Å². The van der Waals surface area contributed by atoms with E-state index in [4.69, 9.17) is 0 Å². The average molecular weight is 280 g/mol. The Bertz CT molecular complexity index is 371. The van der Waals surface area contributed by atoms with Gasteiger partial charge in [0.25, 0.3) is 0 Å². The van der Waals surface area contributed by atoms with Gasteiger partial charge in [0.2, 0.25) is 0 Å². The molecule has 1 saturated heterocycles. The highest BCUT2D eigenvalue weighted by Crippen LogP contribution is 2.17. The molecule has 0 aromatic heterocycles. The van der Waals surface area contributed by atoms with Gasteiger partial charge in [0, 0.05) is 32.7 Å². The summed E-state index contributed by atoms with van der Waals surface area (Å²) >= 11 is 0. The number of benzene rings is 1. The predicted octanol–water partition coefficient (Wildman–Crippen LogP) is 3.06. The van der Waals surface area contributed by atoms with Crippen LogP contribution >= 0.6 is 13.5 Å². The Balaban J connectivity index is 0.00000180. The Morgan fingerprint density at radius 3 is 2.26 bits per heavy atom. The summed E-state index contributed by atoms with van der Waals surface area (Å²) < 4.78 is 0. The van der Waals surface area contributed by atoms with Gasteiger partial charge in [-0.1, -0.05) is 45.0 Å². The maximum atomic E-state index is 2.58. The van der Waals surface area contributed by atoms with Gasteiger partial charge in [-0.15, -0.1) is 0 Å². The third-order valence-corrected chi connectivity index (χ3v) is 3.94. The molecule has 0 amide bonds. The second-order valence-electron chi connectivity index (χ2n) is 5.61. The summed E-state index contributed by atoms with van der Waals surface area (Å²) in [4.78, 5) is 5.10. The van der Waals surface area contributed by atoms with E-state index in [0.717, 1.165) is 6.54 Å². The second-order valence-corrected chi connectivity index (χ2v) is 5.61. The van der Waals surface area contributed by atoms with Gasteiger partial charge in [-0.3, -0.25) is 4.90 Å². The highest BCUT2D eigenvalue weighted by atomic mass is 32.1. The van der Waals surface area contributed by atoms with E-state index in [2.05, 4.69) is 54.8 Å². The minimum Gasteiger partial charge on any atom is -0.301 e. The molecule has 0 N–H and O–H groups in total. The van der Waals surface area contributed by atoms with Crippen LogP contribution in [0.4, 0.5) is 0 Å². The monoisotopic (exact) mass is 280 g/mol. The lowest BCUT2D eigenvalue weighted by molar-refractivity contribution is 0.132. The minimum atomic E-state index is 0. The Morgan fingerprint density at radius 1 is 1.05 bits per heavy atom. The molecule has 1 aromatic rings. The van der Waals surface area contributed by atoms with Crippen LogP contribution in [0, 0.1) is 0 Å². The summed E-state index contributed by atoms with van der Waals surface area (Å²) in [5, 5.41) is 0. The van der Waals surface area contributed by atoms with E-state index in [-0.39, 0.29) is 13.5 Å². The largest absolute Gasteiger partial charge is 0.301 e. The van der Waals surface area contributed by atoms with E-state index in [9.17, 15) is 0 Å². The molecule has 2 rings (SSSR count). The number of hydrogen-bond acceptors (Lipinski definition) is 2. The van der Waals surface area contributed by atoms with Crippen molar-refractivity contribution in [2.24, 2.45) is 0 Å². The van der Waals surface area contributed by atoms with Crippen LogP contribution in [0.3, 0.4) is 0 Å². The maximum absolute atomic E-state index is 2.58. The van der Waals surface area contributed by atoms with E-state index in [0.29, 0.717) is 5.92 Å². The molecule has 0 aliphatic carbocycles. The summed E-state index contributed by atoms with van der Waals surface area (Å²) in [6.45, 7) is 13.9. The molecule has 1 aliphatic heterocycles. The van der Waals surface area contributed by atoms with Crippen molar-refractivity contribution >= 4 is 13.5 Å². The second kappa shape index (κ2) is 7.93. The van der Waals surface area contributed by atoms with Crippen LogP contribution in [-0.2, 0) is 6.54 Å². The SMILES string of the molecule is CCN1CCN(Cc2cccc(C(C)C)c2)CC1.S. The van der Waals surface area contributed by atoms with Crippen LogP contribution in [0.25, 0.3) is 0 Å². The predicted molar refractivity (Wildman–Crippen MR) is 88.3 cm³/mol. The molecule has 0 atom stereocenters. The number of piperazine rings is 1. The van der Waals surface area contributed by atoms with Crippen LogP contribution in [0.1, 0.15) is 37.8 Å². The molecule has 0 bridgehead atoms. The fraction of sp³-hybridized carbons (Fsp3) is 0.625. The molecule has 0 radical (unpaired) electrons. The van der Waals surface area contributed by atoms with Crippen molar-refractivity contribution in [2.45, 2.75) is 33.2 Å². The first-order valence-corrected chi connectivity index (χ1v) is 7.22. The van der Waals surface area contributed by atoms with Gasteiger partial charge in [0.1, 0.15) is 0 Å². The standard InChI is InChI=1S/C16H26N2.H2S/c1-4-17-8-10-18(11-9-17)13-15-6-5-7-16(12-15)14(2)3;/h5-7,12,14H,4,8-11,13H2,1-3H3;1H2. The summed E-state index contributed by atoms with van der Waals surface area (Å²) in [5.74, 6) is 0.627. The van der Waals surface area contributed by atoms with Gasteiger partial charge in [-0.2, -0.15) is 13.5 Å². The average Bonchev–Trinajstić information content (AvgIpc) is 2.40. The third-order valence-electron chi connectivity index (χ3n) is 3.94. The zero-order chi connectivity index (χ0) is 13.0. The lowest BCUT2D eigenvalue weighted by atomic mass is 10.0. The zero-order valence-electron chi connectivity index (χ0n) is 12.5. The maximum Gasteiger partial charge on any atom is 0.0234 e. The van der Waals surface area contributed by atoms with Gasteiger partial charge in [-0.25, -0.2) is 0 Å². The van der Waals surface area contributed by atoms with E-state index < -0.39 is 0 Å². The van der Waals surface area contributed by atoms with Gasteiger partial charge < -0.3 is 4.90 Å². The molecule has 1 heterocycles. The minimum absolute atomic E-state index is 0. The topological polar surface area (TPSA) is 6.48 Å². The summed E-state index contributed by atoms with van der Waals surface area (Å²) in [5.41, 5.74) is 2.92. The van der Waals surface area contributed by atoms with Crippen molar-refractivity contribution in [3.05, 3.63) is 35.4 Å². The van der Waals surface area contributed by atoms with Crippen molar-refractivity contribution in [1.82, 2.24) is 9.80 Å². The van der Waals surface area contributed by atoms with Gasteiger partial charge in [0.05, 0.1) is 0 Å². The Morgan fingerprint density at radius 2 is 1.68 bits per heavy atom. The number of nitrogens with zero attached hydrogens (tertiary/aromatic N) is 2. The lowest BCUT2D eigenvalue weighted by Gasteiger charge is -2.34. The quantitative estimate of drug-likeness (QED) is 0.836. The summed E-state index contributed by atoms with van der Waals surface area (Å²) in [6.07, 6.45) is 0. The highest BCUT2D eigenvalue weighted by Gasteiger charge is 2.15. The van der Waals surface area contributed by atoms with Crippen molar-refractivity contribution in [2.75, 3.05) is 32.7 Å². The molecule has 1 fully saturated rings. The van der Waals surface area contributed by atoms with Crippen LogP contribution in [0.5, 0.6) is 0 Å². The molecular formula is C16H28N2S. The third kappa shape index (κ3) is 4.83. The molecule has 0 spiro atoms. The van der Waals surface area contributed by atoms with E-state index >= 15 is 0 Å². The molecule has 1 aromatic carbocycles.